The van der Waals surface area contributed by atoms with E-state index < -0.39 is 0 Å². The van der Waals surface area contributed by atoms with E-state index in [4.69, 9.17) is 10.5 Å². The molecule has 0 aliphatic carbocycles. The number of ether oxygens (including phenoxy) is 1. The molecule has 3 aromatic rings. The number of aromatic nitrogens is 3. The van der Waals surface area contributed by atoms with Crippen LogP contribution in [0.3, 0.4) is 0 Å². The lowest BCUT2D eigenvalue weighted by atomic mass is 10.1. The third kappa shape index (κ3) is 8.82. The number of nitrogens with two attached hydrogens (primary N) is 1. The van der Waals surface area contributed by atoms with Gasteiger partial charge in [0.1, 0.15) is 5.75 Å². The topological polar surface area (TPSA) is 126 Å². The number of nitrogens with one attached hydrogen (secondary N) is 3. The standard InChI is InChI=1S/C27H39N9O/c1-5-8-16-29-25-33-26(35-27(34-25)36(6-2)7-3)31-19-21-11-9-10-20(17-21)18-30-24(28)32-22-12-14-23(37-4)15-13-22/h9-15,17H,5-8,16,18-19H2,1-4H3,(H3,28,30,32)(H2,29,31,33,34,35). The zero-order valence-corrected chi connectivity index (χ0v) is 22.3. The molecule has 0 aliphatic heterocycles. The summed E-state index contributed by atoms with van der Waals surface area (Å²) >= 11 is 0. The highest BCUT2D eigenvalue weighted by Crippen LogP contribution is 2.16. The summed E-state index contributed by atoms with van der Waals surface area (Å²) in [6.45, 7) is 9.88. The van der Waals surface area contributed by atoms with Crippen molar-refractivity contribution < 1.29 is 4.74 Å². The van der Waals surface area contributed by atoms with Crippen LogP contribution in [0.2, 0.25) is 0 Å². The van der Waals surface area contributed by atoms with Gasteiger partial charge in [0.2, 0.25) is 17.8 Å². The molecule has 5 N–H and O–H groups in total. The summed E-state index contributed by atoms with van der Waals surface area (Å²) < 4.78 is 5.18. The van der Waals surface area contributed by atoms with E-state index in [0.717, 1.165) is 55.0 Å². The van der Waals surface area contributed by atoms with Crippen LogP contribution in [0.5, 0.6) is 5.75 Å². The lowest BCUT2D eigenvalue weighted by Gasteiger charge is -2.20. The van der Waals surface area contributed by atoms with Crippen LogP contribution >= 0.6 is 0 Å². The van der Waals surface area contributed by atoms with Crippen LogP contribution in [0, 0.1) is 0 Å². The maximum absolute atomic E-state index is 6.08. The number of methoxy groups -OCH3 is 1. The molecule has 0 unspecified atom stereocenters. The fraction of sp³-hybridized carbons (Fsp3) is 0.407. The molecule has 37 heavy (non-hydrogen) atoms. The number of unbranched alkanes of at least 4 members (excludes halogenated alkanes) is 1. The van der Waals surface area contributed by atoms with Crippen LogP contribution in [0.4, 0.5) is 23.5 Å². The highest BCUT2D eigenvalue weighted by Gasteiger charge is 2.11. The Morgan fingerprint density at radius 1 is 0.946 bits per heavy atom. The first-order valence-electron chi connectivity index (χ1n) is 12.8. The van der Waals surface area contributed by atoms with E-state index >= 15 is 0 Å². The molecule has 10 heteroatoms. The second-order valence-corrected chi connectivity index (χ2v) is 8.46. The van der Waals surface area contributed by atoms with Gasteiger partial charge in [0.25, 0.3) is 0 Å². The largest absolute Gasteiger partial charge is 0.497 e. The molecule has 0 saturated heterocycles. The van der Waals surface area contributed by atoms with E-state index in [1.165, 1.54) is 0 Å². The van der Waals surface area contributed by atoms with Gasteiger partial charge in [-0.15, -0.1) is 0 Å². The van der Waals surface area contributed by atoms with Gasteiger partial charge in [0, 0.05) is 31.9 Å². The van der Waals surface area contributed by atoms with Crippen LogP contribution in [0.15, 0.2) is 53.5 Å². The van der Waals surface area contributed by atoms with Gasteiger partial charge >= 0.3 is 0 Å². The maximum atomic E-state index is 6.08. The van der Waals surface area contributed by atoms with Crippen LogP contribution < -0.4 is 31.3 Å². The van der Waals surface area contributed by atoms with Gasteiger partial charge in [-0.25, -0.2) is 4.99 Å². The second-order valence-electron chi connectivity index (χ2n) is 8.46. The summed E-state index contributed by atoms with van der Waals surface area (Å²) in [5.74, 6) is 2.95. The van der Waals surface area contributed by atoms with Crippen molar-refractivity contribution in [2.75, 3.05) is 47.6 Å². The molecule has 1 aromatic heterocycles. The SMILES string of the molecule is CCCCNc1nc(NCc2cccc(CN=C(N)Nc3ccc(OC)cc3)c2)nc(N(CC)CC)n1. The summed E-state index contributed by atoms with van der Waals surface area (Å²) in [5, 5.41) is 9.78. The first-order chi connectivity index (χ1) is 18.0. The second kappa shape index (κ2) is 14.5. The molecule has 2 aromatic carbocycles. The fourth-order valence-corrected chi connectivity index (χ4v) is 3.61. The summed E-state index contributed by atoms with van der Waals surface area (Å²) in [6, 6.07) is 15.7. The third-order valence-corrected chi connectivity index (χ3v) is 5.72. The third-order valence-electron chi connectivity index (χ3n) is 5.72. The van der Waals surface area contributed by atoms with Gasteiger partial charge in [0.15, 0.2) is 5.96 Å². The van der Waals surface area contributed by atoms with Crippen LogP contribution in [0.1, 0.15) is 44.7 Å². The summed E-state index contributed by atoms with van der Waals surface area (Å²) in [5.41, 5.74) is 9.08. The minimum atomic E-state index is 0.353. The average molecular weight is 506 g/mol. The van der Waals surface area contributed by atoms with Crippen LogP contribution in [0.25, 0.3) is 0 Å². The van der Waals surface area contributed by atoms with Gasteiger partial charge in [-0.05, 0) is 55.7 Å². The van der Waals surface area contributed by atoms with E-state index in [1.807, 2.05) is 36.4 Å². The minimum absolute atomic E-state index is 0.353. The number of guanidine groups is 1. The van der Waals surface area contributed by atoms with E-state index in [2.05, 4.69) is 73.7 Å². The quantitative estimate of drug-likeness (QED) is 0.143. The Morgan fingerprint density at radius 3 is 2.32 bits per heavy atom. The fourth-order valence-electron chi connectivity index (χ4n) is 3.61. The number of rotatable bonds is 14. The molecular formula is C27H39N9O. The summed E-state index contributed by atoms with van der Waals surface area (Å²) in [4.78, 5) is 20.4. The van der Waals surface area contributed by atoms with Gasteiger partial charge in [0.05, 0.1) is 13.7 Å². The first-order valence-corrected chi connectivity index (χ1v) is 12.8. The average Bonchev–Trinajstić information content (AvgIpc) is 2.92. The Morgan fingerprint density at radius 2 is 1.65 bits per heavy atom. The molecule has 0 saturated carbocycles. The van der Waals surface area contributed by atoms with Crippen LogP contribution in [-0.2, 0) is 13.1 Å². The van der Waals surface area contributed by atoms with Crippen molar-refractivity contribution in [3.8, 4) is 5.75 Å². The highest BCUT2D eigenvalue weighted by atomic mass is 16.5. The highest BCUT2D eigenvalue weighted by molar-refractivity contribution is 5.92. The van der Waals surface area contributed by atoms with Gasteiger partial charge in [-0.3, -0.25) is 0 Å². The zero-order chi connectivity index (χ0) is 26.5. The Hall–Kier alpha value is -4.08. The molecule has 0 bridgehead atoms. The van der Waals surface area contributed by atoms with E-state index in [9.17, 15) is 0 Å². The molecule has 0 spiro atoms. The molecule has 0 aliphatic rings. The smallest absolute Gasteiger partial charge is 0.231 e. The van der Waals surface area contributed by atoms with Gasteiger partial charge < -0.3 is 31.3 Å². The Balaban J connectivity index is 1.63. The molecule has 10 nitrogen and oxygen atoms in total. The number of aliphatic imine (C=N–C) groups is 1. The predicted octanol–water partition coefficient (Wildman–Crippen LogP) is 4.48. The lowest BCUT2D eigenvalue weighted by Crippen LogP contribution is -2.25. The summed E-state index contributed by atoms with van der Waals surface area (Å²) in [7, 11) is 1.64. The number of anilines is 4. The number of benzene rings is 2. The molecular weight excluding hydrogens is 466 g/mol. The Kier molecular flexibility index (Phi) is 10.8. The number of hydrogen-bond acceptors (Lipinski definition) is 8. The normalized spacial score (nSPS) is 11.2. The Bertz CT molecular complexity index is 1130. The predicted molar refractivity (Wildman–Crippen MR) is 152 cm³/mol. The summed E-state index contributed by atoms with van der Waals surface area (Å²) in [6.07, 6.45) is 2.17. The number of hydrogen-bond donors (Lipinski definition) is 4. The minimum Gasteiger partial charge on any atom is -0.497 e. The molecule has 3 rings (SSSR count). The van der Waals surface area contributed by atoms with E-state index in [-0.39, 0.29) is 0 Å². The molecule has 0 amide bonds. The van der Waals surface area contributed by atoms with Crippen molar-refractivity contribution in [3.63, 3.8) is 0 Å². The number of nitrogens with zero attached hydrogens (tertiary/aromatic N) is 5. The van der Waals surface area contributed by atoms with Crippen molar-refractivity contribution in [2.24, 2.45) is 10.7 Å². The van der Waals surface area contributed by atoms with Crippen molar-refractivity contribution in [3.05, 3.63) is 59.7 Å². The van der Waals surface area contributed by atoms with Gasteiger partial charge in [-0.1, -0.05) is 37.6 Å². The van der Waals surface area contributed by atoms with Gasteiger partial charge in [-0.2, -0.15) is 15.0 Å². The monoisotopic (exact) mass is 505 g/mol. The Labute approximate surface area is 219 Å². The van der Waals surface area contributed by atoms with Crippen molar-refractivity contribution in [1.29, 1.82) is 0 Å². The van der Waals surface area contributed by atoms with Crippen molar-refractivity contribution in [2.45, 2.75) is 46.7 Å². The molecule has 0 radical (unpaired) electrons. The van der Waals surface area contributed by atoms with E-state index in [0.29, 0.717) is 36.9 Å². The van der Waals surface area contributed by atoms with Crippen LogP contribution in [-0.4, -0.2) is 47.7 Å². The van der Waals surface area contributed by atoms with E-state index in [1.54, 1.807) is 7.11 Å². The molecule has 0 fully saturated rings. The van der Waals surface area contributed by atoms with Crippen molar-refractivity contribution in [1.82, 2.24) is 15.0 Å². The van der Waals surface area contributed by atoms with Crippen molar-refractivity contribution >= 4 is 29.5 Å². The molecule has 198 valence electrons. The maximum Gasteiger partial charge on any atom is 0.231 e. The molecule has 0 atom stereocenters. The molecule has 1 heterocycles. The first kappa shape index (κ1) is 27.5. The lowest BCUT2D eigenvalue weighted by molar-refractivity contribution is 0.415. The zero-order valence-electron chi connectivity index (χ0n) is 22.3.